The first kappa shape index (κ1) is 9.71. The summed E-state index contributed by atoms with van der Waals surface area (Å²) in [5.74, 6) is 0. The third-order valence-electron chi connectivity index (χ3n) is 1.91. The van der Waals surface area contributed by atoms with Crippen LogP contribution in [0.4, 0.5) is 5.69 Å². The molecule has 0 N–H and O–H groups in total. The van der Waals surface area contributed by atoms with Crippen LogP contribution < -0.4 is 0 Å². The molecular weight excluding hydrogens is 166 g/mol. The van der Waals surface area contributed by atoms with Crippen LogP contribution in [0.15, 0.2) is 24.3 Å². The van der Waals surface area contributed by atoms with Crippen molar-refractivity contribution in [1.29, 1.82) is 0 Å². The zero-order valence-electron chi connectivity index (χ0n) is 8.07. The van der Waals surface area contributed by atoms with Crippen molar-refractivity contribution in [3.63, 3.8) is 0 Å². The average Bonchev–Trinajstić information content (AvgIpc) is 2.03. The standard InChI is InChI=1S/C10H13NO2/c1-10(2,3)8-6-4-5-7-9(8)11(12)13/h4-7H,1-3H3. The van der Waals surface area contributed by atoms with E-state index in [0.29, 0.717) is 0 Å². The molecule has 3 heteroatoms. The molecule has 0 aliphatic carbocycles. The van der Waals surface area contributed by atoms with Gasteiger partial charge in [-0.25, -0.2) is 0 Å². The highest BCUT2D eigenvalue weighted by Crippen LogP contribution is 2.30. The number of nitro groups is 1. The summed E-state index contributed by atoms with van der Waals surface area (Å²) in [6.45, 7) is 5.90. The van der Waals surface area contributed by atoms with E-state index in [0.717, 1.165) is 5.56 Å². The minimum absolute atomic E-state index is 0.177. The van der Waals surface area contributed by atoms with Gasteiger partial charge in [-0.15, -0.1) is 0 Å². The van der Waals surface area contributed by atoms with Gasteiger partial charge in [0.2, 0.25) is 0 Å². The molecule has 0 amide bonds. The Bertz CT molecular complexity index is 326. The molecule has 0 atom stereocenters. The minimum atomic E-state index is -0.333. The van der Waals surface area contributed by atoms with Crippen LogP contribution >= 0.6 is 0 Å². The van der Waals surface area contributed by atoms with Gasteiger partial charge in [-0.2, -0.15) is 0 Å². The molecule has 0 spiro atoms. The smallest absolute Gasteiger partial charge is 0.258 e. The van der Waals surface area contributed by atoms with Gasteiger partial charge in [0.1, 0.15) is 0 Å². The van der Waals surface area contributed by atoms with Crippen molar-refractivity contribution in [1.82, 2.24) is 0 Å². The summed E-state index contributed by atoms with van der Waals surface area (Å²) in [6.07, 6.45) is 0. The van der Waals surface area contributed by atoms with E-state index >= 15 is 0 Å². The summed E-state index contributed by atoms with van der Waals surface area (Å²) in [6, 6.07) is 6.86. The first-order valence-electron chi connectivity index (χ1n) is 4.17. The first-order chi connectivity index (χ1) is 5.93. The van der Waals surface area contributed by atoms with E-state index < -0.39 is 0 Å². The summed E-state index contributed by atoms with van der Waals surface area (Å²) in [7, 11) is 0. The SMILES string of the molecule is CC(C)(C)c1ccccc1[N+](=O)[O-]. The lowest BCUT2D eigenvalue weighted by Crippen LogP contribution is -2.13. The Morgan fingerprint density at radius 1 is 1.23 bits per heavy atom. The van der Waals surface area contributed by atoms with Gasteiger partial charge in [0.25, 0.3) is 5.69 Å². The van der Waals surface area contributed by atoms with E-state index in [1.165, 1.54) is 0 Å². The van der Waals surface area contributed by atoms with Crippen LogP contribution in [0.2, 0.25) is 0 Å². The van der Waals surface area contributed by atoms with Crippen LogP contribution in [0.1, 0.15) is 26.3 Å². The maximum Gasteiger partial charge on any atom is 0.273 e. The van der Waals surface area contributed by atoms with Gasteiger partial charge in [-0.1, -0.05) is 39.0 Å². The second-order valence-electron chi connectivity index (χ2n) is 4.02. The molecule has 0 saturated heterocycles. The van der Waals surface area contributed by atoms with Crippen LogP contribution in [-0.4, -0.2) is 4.92 Å². The Kier molecular flexibility index (Phi) is 2.36. The first-order valence-corrected chi connectivity index (χ1v) is 4.17. The number of hydrogen-bond acceptors (Lipinski definition) is 2. The Balaban J connectivity index is 3.28. The zero-order chi connectivity index (χ0) is 10.1. The van der Waals surface area contributed by atoms with E-state index in [9.17, 15) is 10.1 Å². The van der Waals surface area contributed by atoms with Crippen molar-refractivity contribution < 1.29 is 4.92 Å². The van der Waals surface area contributed by atoms with E-state index in [4.69, 9.17) is 0 Å². The highest BCUT2D eigenvalue weighted by atomic mass is 16.6. The summed E-state index contributed by atoms with van der Waals surface area (Å²) >= 11 is 0. The van der Waals surface area contributed by atoms with Crippen molar-refractivity contribution >= 4 is 5.69 Å². The number of benzene rings is 1. The Labute approximate surface area is 77.5 Å². The number of nitro benzene ring substituents is 1. The molecule has 1 rings (SSSR count). The molecule has 0 saturated carbocycles. The Hall–Kier alpha value is -1.38. The van der Waals surface area contributed by atoms with Gasteiger partial charge in [-0.3, -0.25) is 10.1 Å². The van der Waals surface area contributed by atoms with Gasteiger partial charge >= 0.3 is 0 Å². The molecule has 1 aromatic carbocycles. The second-order valence-corrected chi connectivity index (χ2v) is 4.02. The number of rotatable bonds is 1. The van der Waals surface area contributed by atoms with Crippen molar-refractivity contribution in [2.45, 2.75) is 26.2 Å². The molecule has 3 nitrogen and oxygen atoms in total. The summed E-state index contributed by atoms with van der Waals surface area (Å²) in [5.41, 5.74) is 0.805. The average molecular weight is 179 g/mol. The van der Waals surface area contributed by atoms with Crippen molar-refractivity contribution in [3.05, 3.63) is 39.9 Å². The topological polar surface area (TPSA) is 43.1 Å². The summed E-state index contributed by atoms with van der Waals surface area (Å²) in [5, 5.41) is 10.7. The maximum absolute atomic E-state index is 10.7. The highest BCUT2D eigenvalue weighted by molar-refractivity contribution is 5.43. The van der Waals surface area contributed by atoms with Gasteiger partial charge in [0.05, 0.1) is 4.92 Å². The van der Waals surface area contributed by atoms with Crippen molar-refractivity contribution in [2.24, 2.45) is 0 Å². The lowest BCUT2D eigenvalue weighted by Gasteiger charge is -2.18. The van der Waals surface area contributed by atoms with Crippen LogP contribution in [0.25, 0.3) is 0 Å². The third kappa shape index (κ3) is 2.05. The lowest BCUT2D eigenvalue weighted by atomic mass is 9.86. The molecule has 0 unspecified atom stereocenters. The largest absolute Gasteiger partial charge is 0.273 e. The molecule has 0 heterocycles. The quantitative estimate of drug-likeness (QED) is 0.491. The lowest BCUT2D eigenvalue weighted by molar-refractivity contribution is -0.386. The number of hydrogen-bond donors (Lipinski definition) is 0. The summed E-state index contributed by atoms with van der Waals surface area (Å²) < 4.78 is 0. The van der Waals surface area contributed by atoms with E-state index in [1.54, 1.807) is 18.2 Å². The minimum Gasteiger partial charge on any atom is -0.258 e. The van der Waals surface area contributed by atoms with Gasteiger partial charge in [-0.05, 0) is 5.41 Å². The van der Waals surface area contributed by atoms with E-state index in [2.05, 4.69) is 0 Å². The predicted octanol–water partition coefficient (Wildman–Crippen LogP) is 2.89. The zero-order valence-corrected chi connectivity index (χ0v) is 8.07. The fourth-order valence-corrected chi connectivity index (χ4v) is 1.27. The maximum atomic E-state index is 10.7. The predicted molar refractivity (Wildman–Crippen MR) is 51.8 cm³/mol. The van der Waals surface area contributed by atoms with E-state index in [1.807, 2.05) is 26.8 Å². The third-order valence-corrected chi connectivity index (χ3v) is 1.91. The molecule has 70 valence electrons. The Morgan fingerprint density at radius 2 is 1.77 bits per heavy atom. The van der Waals surface area contributed by atoms with Crippen molar-refractivity contribution in [2.75, 3.05) is 0 Å². The van der Waals surface area contributed by atoms with Gasteiger partial charge < -0.3 is 0 Å². The highest BCUT2D eigenvalue weighted by Gasteiger charge is 2.23. The molecule has 1 aromatic rings. The van der Waals surface area contributed by atoms with Crippen LogP contribution in [0, 0.1) is 10.1 Å². The molecule has 0 bridgehead atoms. The van der Waals surface area contributed by atoms with Crippen molar-refractivity contribution in [3.8, 4) is 0 Å². The Morgan fingerprint density at radius 3 is 2.15 bits per heavy atom. The number of para-hydroxylation sites is 1. The van der Waals surface area contributed by atoms with Crippen LogP contribution in [0.3, 0.4) is 0 Å². The van der Waals surface area contributed by atoms with Gasteiger partial charge in [0, 0.05) is 11.6 Å². The van der Waals surface area contributed by atoms with Crippen LogP contribution in [-0.2, 0) is 5.41 Å². The second kappa shape index (κ2) is 3.17. The molecule has 0 aromatic heterocycles. The molecule has 0 aliphatic rings. The van der Waals surface area contributed by atoms with E-state index in [-0.39, 0.29) is 16.0 Å². The summed E-state index contributed by atoms with van der Waals surface area (Å²) in [4.78, 5) is 10.3. The molecular formula is C10H13NO2. The van der Waals surface area contributed by atoms with Gasteiger partial charge in [0.15, 0.2) is 0 Å². The molecule has 0 radical (unpaired) electrons. The fourth-order valence-electron chi connectivity index (χ4n) is 1.27. The fraction of sp³-hybridized carbons (Fsp3) is 0.400. The molecule has 0 aliphatic heterocycles. The molecule has 13 heavy (non-hydrogen) atoms. The normalized spacial score (nSPS) is 11.3. The molecule has 0 fully saturated rings. The monoisotopic (exact) mass is 179 g/mol. The van der Waals surface area contributed by atoms with Crippen LogP contribution in [0.5, 0.6) is 0 Å². The number of nitrogens with zero attached hydrogens (tertiary/aromatic N) is 1.